The van der Waals surface area contributed by atoms with Crippen LogP contribution in [0, 0.1) is 18.3 Å². The largest absolute Gasteiger partial charge is 0.477 e. The number of likely N-dealkylation sites (tertiary alicyclic amines) is 1. The Hall–Kier alpha value is -3.72. The smallest absolute Gasteiger partial charge is 0.410 e. The Bertz CT molecular complexity index is 1730. The van der Waals surface area contributed by atoms with Gasteiger partial charge in [0.15, 0.2) is 5.82 Å². The summed E-state index contributed by atoms with van der Waals surface area (Å²) in [6, 6.07) is 8.32. The molecule has 4 heterocycles. The Morgan fingerprint density at radius 1 is 1.10 bits per heavy atom. The molecule has 11 nitrogen and oxygen atoms in total. The summed E-state index contributed by atoms with van der Waals surface area (Å²) in [6.45, 7) is 13.0. The number of carbonyl (C=O) groups is 2. The van der Waals surface area contributed by atoms with Gasteiger partial charge in [-0.1, -0.05) is 17.7 Å². The SMILES string of the molecule is Cc1ccc(SNC(=O)c2ccc(-n3ccc(OCCC4(C(F)(F)F)CC4)n3)nc2Cl)nc1NCCCC1CN(C(=O)OC(C)(C)C)C(C)(C)C1. The number of aromatic nitrogens is 4. The summed E-state index contributed by atoms with van der Waals surface area (Å²) < 4.78 is 54.7. The van der Waals surface area contributed by atoms with Gasteiger partial charge in [-0.15, -0.1) is 5.10 Å². The number of nitrogens with one attached hydrogen (secondary N) is 2. The third-order valence-corrected chi connectivity index (χ3v) is 10.2. The molecule has 5 rings (SSSR count). The van der Waals surface area contributed by atoms with Crippen molar-refractivity contribution >= 4 is 41.4 Å². The highest BCUT2D eigenvalue weighted by Crippen LogP contribution is 2.59. The van der Waals surface area contributed by atoms with Gasteiger partial charge in [-0.2, -0.15) is 13.2 Å². The number of pyridine rings is 2. The van der Waals surface area contributed by atoms with Crippen LogP contribution in [0.5, 0.6) is 5.88 Å². The van der Waals surface area contributed by atoms with Crippen LogP contribution in [-0.2, 0) is 4.74 Å². The monoisotopic (exact) mass is 751 g/mol. The standard InChI is InChI=1S/C35H45ClF3N7O4S/c1-22-9-12-27(42-29(22)40-17-7-8-23-20-33(5,6)45(21-23)31(48)50-32(2,3)4)51-44-30(47)24-10-11-25(41-28(24)36)46-18-13-26(43-46)49-19-16-34(14-15-34)35(37,38)39/h9-13,18,23H,7-8,14-17,19-21H2,1-6H3,(H,40,42)(H,44,47). The Morgan fingerprint density at radius 3 is 2.51 bits per heavy atom. The van der Waals surface area contributed by atoms with E-state index in [0.717, 1.165) is 42.6 Å². The van der Waals surface area contributed by atoms with Crippen molar-refractivity contribution in [2.45, 2.75) is 102 Å². The zero-order valence-corrected chi connectivity index (χ0v) is 31.3. The molecule has 0 spiro atoms. The molecule has 3 aromatic heterocycles. The van der Waals surface area contributed by atoms with Gasteiger partial charge < -0.3 is 19.7 Å². The molecule has 16 heteroatoms. The number of amides is 2. The number of alkyl halides is 3. The molecular formula is C35H45ClF3N7O4S. The number of ether oxygens (including phenoxy) is 2. The summed E-state index contributed by atoms with van der Waals surface area (Å²) in [5.41, 5.74) is -1.33. The van der Waals surface area contributed by atoms with Crippen LogP contribution in [0.1, 0.15) is 89.1 Å². The molecule has 0 radical (unpaired) electrons. The van der Waals surface area contributed by atoms with Crippen LogP contribution in [0.25, 0.3) is 5.82 Å². The third kappa shape index (κ3) is 9.79. The molecule has 2 N–H and O–H groups in total. The number of rotatable bonds is 13. The number of aryl methyl sites for hydroxylation is 1. The number of anilines is 1. The summed E-state index contributed by atoms with van der Waals surface area (Å²) in [5.74, 6) is 1.09. The van der Waals surface area contributed by atoms with Crippen molar-refractivity contribution < 1.29 is 32.2 Å². The van der Waals surface area contributed by atoms with Crippen LogP contribution in [0.4, 0.5) is 23.8 Å². The lowest BCUT2D eigenvalue weighted by molar-refractivity contribution is -0.190. The quantitative estimate of drug-likeness (QED) is 0.101. The van der Waals surface area contributed by atoms with Crippen LogP contribution in [-0.4, -0.2) is 73.7 Å². The van der Waals surface area contributed by atoms with E-state index in [-0.39, 0.29) is 54.1 Å². The van der Waals surface area contributed by atoms with E-state index in [1.165, 1.54) is 16.8 Å². The van der Waals surface area contributed by atoms with Crippen molar-refractivity contribution in [3.05, 3.63) is 52.8 Å². The van der Waals surface area contributed by atoms with E-state index < -0.39 is 23.1 Å². The van der Waals surface area contributed by atoms with E-state index in [9.17, 15) is 22.8 Å². The molecule has 1 aliphatic heterocycles. The molecule has 0 bridgehead atoms. The fraction of sp³-hybridized carbons (Fsp3) is 0.571. The maximum absolute atomic E-state index is 13.2. The molecular weight excluding hydrogens is 707 g/mol. The summed E-state index contributed by atoms with van der Waals surface area (Å²) in [6.07, 6.45) is -0.0736. The third-order valence-electron chi connectivity index (χ3n) is 9.14. The minimum absolute atomic E-state index is 0.0523. The van der Waals surface area contributed by atoms with Crippen molar-refractivity contribution in [1.29, 1.82) is 0 Å². The molecule has 2 amide bonds. The van der Waals surface area contributed by atoms with E-state index in [1.807, 2.05) is 44.7 Å². The lowest BCUT2D eigenvalue weighted by Crippen LogP contribution is -2.45. The van der Waals surface area contributed by atoms with Gasteiger partial charge in [-0.05, 0) is 110 Å². The molecule has 1 aliphatic carbocycles. The minimum atomic E-state index is -4.23. The molecule has 278 valence electrons. The van der Waals surface area contributed by atoms with Crippen molar-refractivity contribution in [3.8, 4) is 11.7 Å². The van der Waals surface area contributed by atoms with E-state index in [0.29, 0.717) is 29.9 Å². The van der Waals surface area contributed by atoms with Gasteiger partial charge in [-0.25, -0.2) is 19.4 Å². The molecule has 1 atom stereocenters. The van der Waals surface area contributed by atoms with Gasteiger partial charge in [0.2, 0.25) is 5.88 Å². The van der Waals surface area contributed by atoms with Gasteiger partial charge in [-0.3, -0.25) is 9.52 Å². The summed E-state index contributed by atoms with van der Waals surface area (Å²) in [7, 11) is 0. The highest BCUT2D eigenvalue weighted by Gasteiger charge is 2.62. The Labute approximate surface area is 305 Å². The Morgan fingerprint density at radius 2 is 1.84 bits per heavy atom. The molecule has 2 aliphatic rings. The van der Waals surface area contributed by atoms with Crippen LogP contribution in [0.2, 0.25) is 5.15 Å². The van der Waals surface area contributed by atoms with Gasteiger partial charge >= 0.3 is 12.3 Å². The molecule has 51 heavy (non-hydrogen) atoms. The maximum Gasteiger partial charge on any atom is 0.410 e. The van der Waals surface area contributed by atoms with E-state index >= 15 is 0 Å². The van der Waals surface area contributed by atoms with Gasteiger partial charge in [0, 0.05) is 42.8 Å². The average Bonchev–Trinajstić information content (AvgIpc) is 3.58. The Kier molecular flexibility index (Phi) is 11.4. The normalized spacial score (nSPS) is 18.0. The number of hydrogen-bond donors (Lipinski definition) is 2. The Balaban J connectivity index is 1.08. The first-order valence-corrected chi connectivity index (χ1v) is 18.2. The molecule has 1 unspecified atom stereocenters. The second-order valence-electron chi connectivity index (χ2n) is 14.9. The second-order valence-corrected chi connectivity index (χ2v) is 16.1. The fourth-order valence-electron chi connectivity index (χ4n) is 6.13. The number of halogens is 4. The van der Waals surface area contributed by atoms with Crippen LogP contribution < -0.4 is 14.8 Å². The predicted octanol–water partition coefficient (Wildman–Crippen LogP) is 8.40. The highest BCUT2D eigenvalue weighted by atomic mass is 35.5. The first kappa shape index (κ1) is 38.5. The average molecular weight is 752 g/mol. The number of hydrogen-bond acceptors (Lipinski definition) is 9. The lowest BCUT2D eigenvalue weighted by Gasteiger charge is -2.33. The maximum atomic E-state index is 13.2. The van der Waals surface area contributed by atoms with Gasteiger partial charge in [0.25, 0.3) is 5.91 Å². The van der Waals surface area contributed by atoms with Crippen LogP contribution in [0.3, 0.4) is 0 Å². The first-order chi connectivity index (χ1) is 23.9. The van der Waals surface area contributed by atoms with Crippen molar-refractivity contribution in [2.75, 3.05) is 25.0 Å². The predicted molar refractivity (Wildman–Crippen MR) is 189 cm³/mol. The van der Waals surface area contributed by atoms with E-state index in [1.54, 1.807) is 12.3 Å². The molecule has 1 saturated carbocycles. The zero-order chi connectivity index (χ0) is 37.2. The van der Waals surface area contributed by atoms with Gasteiger partial charge in [0.1, 0.15) is 21.6 Å². The number of nitrogens with zero attached hydrogens (tertiary/aromatic N) is 5. The van der Waals surface area contributed by atoms with Gasteiger partial charge in [0.05, 0.1) is 17.6 Å². The highest BCUT2D eigenvalue weighted by molar-refractivity contribution is 7.97. The first-order valence-electron chi connectivity index (χ1n) is 17.0. The van der Waals surface area contributed by atoms with E-state index in [4.69, 9.17) is 21.1 Å². The molecule has 3 aromatic rings. The molecule has 0 aromatic carbocycles. The van der Waals surface area contributed by atoms with E-state index in [2.05, 4.69) is 39.0 Å². The van der Waals surface area contributed by atoms with Crippen molar-refractivity contribution in [1.82, 2.24) is 29.4 Å². The molecule has 1 saturated heterocycles. The van der Waals surface area contributed by atoms with Crippen LogP contribution in [0.15, 0.2) is 41.6 Å². The zero-order valence-electron chi connectivity index (χ0n) is 29.7. The lowest BCUT2D eigenvalue weighted by atomic mass is 9.93. The van der Waals surface area contributed by atoms with Crippen LogP contribution >= 0.6 is 23.5 Å². The molecule has 2 fully saturated rings. The summed E-state index contributed by atoms with van der Waals surface area (Å²) in [5, 5.41) is 8.15. The summed E-state index contributed by atoms with van der Waals surface area (Å²) in [4.78, 5) is 36.5. The number of carbonyl (C=O) groups excluding carboxylic acids is 2. The second kappa shape index (κ2) is 15.1. The topological polar surface area (TPSA) is 124 Å². The summed E-state index contributed by atoms with van der Waals surface area (Å²) >= 11 is 7.41. The fourth-order valence-corrected chi connectivity index (χ4v) is 6.94. The minimum Gasteiger partial charge on any atom is -0.477 e. The van der Waals surface area contributed by atoms with Crippen molar-refractivity contribution in [3.63, 3.8) is 0 Å². The van der Waals surface area contributed by atoms with Crippen molar-refractivity contribution in [2.24, 2.45) is 11.3 Å².